The smallest absolute Gasteiger partial charge is 0.211 e. The first-order valence-electron chi connectivity index (χ1n) is 9.76. The quantitative estimate of drug-likeness (QED) is 0.344. The minimum atomic E-state index is -3.05. The minimum Gasteiger partial charge on any atom is -0.379 e. The molecular formula is C17H35N5O3S. The molecule has 0 aliphatic carbocycles. The summed E-state index contributed by atoms with van der Waals surface area (Å²) in [5, 5.41) is 6.70. The van der Waals surface area contributed by atoms with E-state index in [-0.39, 0.29) is 0 Å². The van der Waals surface area contributed by atoms with Crippen molar-refractivity contribution in [2.75, 3.05) is 71.8 Å². The highest BCUT2D eigenvalue weighted by atomic mass is 32.2. The molecule has 2 N–H and O–H groups in total. The molecule has 0 saturated carbocycles. The van der Waals surface area contributed by atoms with Gasteiger partial charge < -0.3 is 15.4 Å². The lowest BCUT2D eigenvalue weighted by Crippen LogP contribution is -2.41. The van der Waals surface area contributed by atoms with Crippen LogP contribution in [0.2, 0.25) is 0 Å². The predicted octanol–water partition coefficient (Wildman–Crippen LogP) is -0.0646. The third-order valence-electron chi connectivity index (χ3n) is 4.94. The van der Waals surface area contributed by atoms with Gasteiger partial charge >= 0.3 is 0 Å². The molecule has 2 aliphatic rings. The Kier molecular flexibility index (Phi) is 9.10. The number of nitrogens with one attached hydrogen (secondary N) is 2. The van der Waals surface area contributed by atoms with Gasteiger partial charge in [0.05, 0.1) is 19.5 Å². The molecule has 9 heteroatoms. The van der Waals surface area contributed by atoms with Gasteiger partial charge in [-0.05, 0) is 38.6 Å². The number of morpholine rings is 1. The van der Waals surface area contributed by atoms with Crippen LogP contribution in [0.1, 0.15) is 26.2 Å². The van der Waals surface area contributed by atoms with Gasteiger partial charge in [0.2, 0.25) is 10.0 Å². The van der Waals surface area contributed by atoms with Gasteiger partial charge in [-0.25, -0.2) is 12.7 Å². The largest absolute Gasteiger partial charge is 0.379 e. The molecule has 0 aromatic rings. The Labute approximate surface area is 158 Å². The van der Waals surface area contributed by atoms with Crippen LogP contribution in [0.3, 0.4) is 0 Å². The molecule has 0 spiro atoms. The zero-order valence-corrected chi connectivity index (χ0v) is 17.1. The van der Waals surface area contributed by atoms with Gasteiger partial charge in [0.1, 0.15) is 0 Å². The summed E-state index contributed by atoms with van der Waals surface area (Å²) in [7, 11) is -3.05. The summed E-state index contributed by atoms with van der Waals surface area (Å²) >= 11 is 0. The molecule has 2 rings (SSSR count). The van der Waals surface area contributed by atoms with Crippen LogP contribution in [0, 0.1) is 5.92 Å². The number of sulfonamides is 1. The zero-order valence-electron chi connectivity index (χ0n) is 16.2. The summed E-state index contributed by atoms with van der Waals surface area (Å²) in [6.45, 7) is 10.6. The summed E-state index contributed by atoms with van der Waals surface area (Å²) < 4.78 is 30.1. The molecule has 2 saturated heterocycles. The molecule has 0 radical (unpaired) electrons. The highest BCUT2D eigenvalue weighted by Crippen LogP contribution is 2.19. The first-order chi connectivity index (χ1) is 12.5. The molecule has 2 fully saturated rings. The highest BCUT2D eigenvalue weighted by molar-refractivity contribution is 7.88. The monoisotopic (exact) mass is 389 g/mol. The Bertz CT molecular complexity index is 527. The Hall–Kier alpha value is -0.900. The number of guanidine groups is 1. The molecule has 152 valence electrons. The van der Waals surface area contributed by atoms with Crippen molar-refractivity contribution in [3.05, 3.63) is 0 Å². The number of hydrogen-bond donors (Lipinski definition) is 2. The number of aliphatic imine (C=N–C) groups is 1. The van der Waals surface area contributed by atoms with Gasteiger partial charge in [-0.3, -0.25) is 9.89 Å². The average molecular weight is 390 g/mol. The van der Waals surface area contributed by atoms with Crippen molar-refractivity contribution in [3.8, 4) is 0 Å². The number of rotatable bonds is 8. The minimum absolute atomic E-state index is 0.455. The summed E-state index contributed by atoms with van der Waals surface area (Å²) in [4.78, 5) is 7.14. The molecule has 2 aliphatic heterocycles. The Morgan fingerprint density at radius 3 is 2.46 bits per heavy atom. The van der Waals surface area contributed by atoms with Crippen molar-refractivity contribution in [1.82, 2.24) is 19.8 Å². The van der Waals surface area contributed by atoms with Gasteiger partial charge in [0.15, 0.2) is 5.96 Å². The summed E-state index contributed by atoms with van der Waals surface area (Å²) in [5.41, 5.74) is 0. The zero-order chi connectivity index (χ0) is 18.8. The lowest BCUT2D eigenvalue weighted by molar-refractivity contribution is 0.0376. The molecule has 0 amide bonds. The van der Waals surface area contributed by atoms with Crippen LogP contribution >= 0.6 is 0 Å². The number of piperidine rings is 1. The lowest BCUT2D eigenvalue weighted by atomic mass is 9.98. The van der Waals surface area contributed by atoms with E-state index in [2.05, 4.69) is 22.5 Å². The molecular weight excluding hydrogens is 354 g/mol. The number of nitrogens with zero attached hydrogens (tertiary/aromatic N) is 3. The van der Waals surface area contributed by atoms with Gasteiger partial charge in [0.25, 0.3) is 0 Å². The predicted molar refractivity (Wildman–Crippen MR) is 105 cm³/mol. The first-order valence-corrected chi connectivity index (χ1v) is 11.6. The third-order valence-corrected chi connectivity index (χ3v) is 6.24. The second-order valence-electron chi connectivity index (χ2n) is 7.06. The maximum atomic E-state index is 11.6. The number of hydrogen-bond acceptors (Lipinski definition) is 5. The summed E-state index contributed by atoms with van der Waals surface area (Å²) in [5.74, 6) is 1.32. The Morgan fingerprint density at radius 2 is 1.85 bits per heavy atom. The second-order valence-corrected chi connectivity index (χ2v) is 9.04. The van der Waals surface area contributed by atoms with Crippen LogP contribution in [0.5, 0.6) is 0 Å². The van der Waals surface area contributed by atoms with Crippen molar-refractivity contribution in [1.29, 1.82) is 0 Å². The van der Waals surface area contributed by atoms with Crippen molar-refractivity contribution < 1.29 is 13.2 Å². The van der Waals surface area contributed by atoms with Gasteiger partial charge in [-0.15, -0.1) is 0 Å². The van der Waals surface area contributed by atoms with Crippen LogP contribution in [0.4, 0.5) is 0 Å². The van der Waals surface area contributed by atoms with E-state index in [0.29, 0.717) is 19.0 Å². The van der Waals surface area contributed by atoms with Crippen molar-refractivity contribution in [2.24, 2.45) is 10.9 Å². The van der Waals surface area contributed by atoms with Crippen molar-refractivity contribution in [2.45, 2.75) is 26.2 Å². The first kappa shape index (κ1) is 21.4. The molecule has 0 aromatic heterocycles. The van der Waals surface area contributed by atoms with Gasteiger partial charge in [-0.1, -0.05) is 0 Å². The van der Waals surface area contributed by atoms with Crippen LogP contribution in [0.15, 0.2) is 4.99 Å². The molecule has 0 unspecified atom stereocenters. The van der Waals surface area contributed by atoms with E-state index in [9.17, 15) is 8.42 Å². The van der Waals surface area contributed by atoms with Crippen LogP contribution < -0.4 is 10.6 Å². The van der Waals surface area contributed by atoms with E-state index in [1.165, 1.54) is 6.26 Å². The topological polar surface area (TPSA) is 86.3 Å². The van der Waals surface area contributed by atoms with E-state index in [1.54, 1.807) is 4.31 Å². The van der Waals surface area contributed by atoms with Crippen molar-refractivity contribution in [3.63, 3.8) is 0 Å². The normalized spacial score (nSPS) is 21.7. The standard InChI is InChI=1S/C17H35N5O3S/c1-3-18-17(19-7-4-8-21-11-13-25-14-12-21)20-15-16-5-9-22(10-6-16)26(2,23)24/h16H,3-15H2,1-2H3,(H2,18,19,20). The molecule has 0 bridgehead atoms. The van der Waals surface area contributed by atoms with E-state index >= 15 is 0 Å². The molecule has 2 heterocycles. The van der Waals surface area contributed by atoms with E-state index < -0.39 is 10.0 Å². The van der Waals surface area contributed by atoms with Crippen LogP contribution in [-0.2, 0) is 14.8 Å². The van der Waals surface area contributed by atoms with Gasteiger partial charge in [0, 0.05) is 45.8 Å². The van der Waals surface area contributed by atoms with E-state index in [0.717, 1.165) is 77.7 Å². The van der Waals surface area contributed by atoms with Crippen molar-refractivity contribution >= 4 is 16.0 Å². The number of ether oxygens (including phenoxy) is 1. The summed E-state index contributed by atoms with van der Waals surface area (Å²) in [6, 6.07) is 0. The Balaban J connectivity index is 1.67. The highest BCUT2D eigenvalue weighted by Gasteiger charge is 2.24. The maximum absolute atomic E-state index is 11.6. The maximum Gasteiger partial charge on any atom is 0.211 e. The SMILES string of the molecule is CCNC(=NCC1CCN(S(C)(=O)=O)CC1)NCCCN1CCOCC1. The second kappa shape index (κ2) is 11.1. The van der Waals surface area contributed by atoms with E-state index in [4.69, 9.17) is 9.73 Å². The third kappa shape index (κ3) is 7.77. The van der Waals surface area contributed by atoms with Gasteiger partial charge in [-0.2, -0.15) is 0 Å². The summed E-state index contributed by atoms with van der Waals surface area (Å²) in [6.07, 6.45) is 4.13. The molecule has 26 heavy (non-hydrogen) atoms. The average Bonchev–Trinajstić information content (AvgIpc) is 2.63. The fraction of sp³-hybridized carbons (Fsp3) is 0.941. The fourth-order valence-electron chi connectivity index (χ4n) is 3.32. The van der Waals surface area contributed by atoms with Crippen LogP contribution in [-0.4, -0.2) is 95.4 Å². The molecule has 0 aromatic carbocycles. The van der Waals surface area contributed by atoms with E-state index in [1.807, 2.05) is 0 Å². The lowest BCUT2D eigenvalue weighted by Gasteiger charge is -2.29. The molecule has 8 nitrogen and oxygen atoms in total. The fourth-order valence-corrected chi connectivity index (χ4v) is 4.19. The Morgan fingerprint density at radius 1 is 1.15 bits per heavy atom. The molecule has 0 atom stereocenters. The van der Waals surface area contributed by atoms with Crippen LogP contribution in [0.25, 0.3) is 0 Å².